The second-order valence-corrected chi connectivity index (χ2v) is 10.9. The molecule has 1 aliphatic rings. The van der Waals surface area contributed by atoms with Crippen molar-refractivity contribution >= 4 is 12.0 Å². The molecule has 0 saturated carbocycles. The summed E-state index contributed by atoms with van der Waals surface area (Å²) in [4.78, 5) is 11.1. The number of carbonyl (C=O) groups is 1. The maximum absolute atomic E-state index is 11.1. The Balaban J connectivity index is 1.87. The van der Waals surface area contributed by atoms with Crippen molar-refractivity contribution in [2.45, 2.75) is 58.0 Å². The fourth-order valence-corrected chi connectivity index (χ4v) is 5.01. The van der Waals surface area contributed by atoms with Crippen LogP contribution in [0.4, 0.5) is 0 Å². The van der Waals surface area contributed by atoms with Crippen LogP contribution in [0, 0.1) is 0 Å². The highest BCUT2D eigenvalue weighted by Gasteiger charge is 2.38. The van der Waals surface area contributed by atoms with E-state index >= 15 is 0 Å². The SMILES string of the molecule is COc1ccc(COc2cc3c(cc2-c2cc(/C=C/C(=O)O)ccc2OC)C(C)(C)CCC3(C)C)cc1. The molecule has 5 nitrogen and oxygen atoms in total. The van der Waals surface area contributed by atoms with E-state index in [1.165, 1.54) is 11.1 Å². The number of aliphatic carboxylic acids is 1. The number of methoxy groups -OCH3 is 2. The third-order valence-corrected chi connectivity index (χ3v) is 7.44. The van der Waals surface area contributed by atoms with Crippen molar-refractivity contribution in [3.05, 3.63) is 82.9 Å². The number of rotatable bonds is 8. The van der Waals surface area contributed by atoms with Crippen LogP contribution >= 0.6 is 0 Å². The minimum atomic E-state index is -0.987. The van der Waals surface area contributed by atoms with Gasteiger partial charge in [0.05, 0.1) is 14.2 Å². The van der Waals surface area contributed by atoms with Crippen LogP contribution in [-0.4, -0.2) is 25.3 Å². The standard InChI is InChI=1S/C32H36O5/c1-31(2)15-16-32(3,4)27-19-29(37-20-22-7-11-23(35-5)12-8-22)25(18-26(27)31)24-17-21(10-14-30(33)34)9-13-28(24)36-6/h7-14,17-19H,15-16,20H2,1-6H3,(H,33,34)/b14-10+. The van der Waals surface area contributed by atoms with E-state index in [0.717, 1.165) is 52.7 Å². The molecule has 0 saturated heterocycles. The molecule has 0 radical (unpaired) electrons. The lowest BCUT2D eigenvalue weighted by molar-refractivity contribution is -0.131. The summed E-state index contributed by atoms with van der Waals surface area (Å²) in [6.45, 7) is 9.59. The molecule has 4 rings (SSSR count). The summed E-state index contributed by atoms with van der Waals surface area (Å²) < 4.78 is 17.5. The van der Waals surface area contributed by atoms with Gasteiger partial charge in [-0.1, -0.05) is 45.9 Å². The Bertz CT molecular complexity index is 1320. The minimum absolute atomic E-state index is 0.0160. The van der Waals surface area contributed by atoms with Gasteiger partial charge in [0.25, 0.3) is 0 Å². The number of hydrogen-bond donors (Lipinski definition) is 1. The Morgan fingerprint density at radius 3 is 2.05 bits per heavy atom. The van der Waals surface area contributed by atoms with Crippen molar-refractivity contribution in [3.8, 4) is 28.4 Å². The molecule has 1 N–H and O–H groups in total. The largest absolute Gasteiger partial charge is 0.497 e. The fraction of sp³-hybridized carbons (Fsp3) is 0.344. The molecule has 194 valence electrons. The average molecular weight is 501 g/mol. The number of hydrogen-bond acceptors (Lipinski definition) is 4. The molecule has 0 fully saturated rings. The van der Waals surface area contributed by atoms with Crippen LogP contribution in [0.1, 0.15) is 62.8 Å². The molecule has 0 aliphatic heterocycles. The monoisotopic (exact) mass is 500 g/mol. The van der Waals surface area contributed by atoms with Crippen LogP contribution in [-0.2, 0) is 22.2 Å². The van der Waals surface area contributed by atoms with Gasteiger partial charge in [0.1, 0.15) is 23.9 Å². The molecule has 5 heteroatoms. The van der Waals surface area contributed by atoms with Crippen molar-refractivity contribution in [2.75, 3.05) is 14.2 Å². The van der Waals surface area contributed by atoms with Gasteiger partial charge in [-0.15, -0.1) is 0 Å². The third kappa shape index (κ3) is 5.66. The molecule has 0 aromatic heterocycles. The van der Waals surface area contributed by atoms with E-state index in [1.54, 1.807) is 20.3 Å². The second kappa shape index (κ2) is 10.3. The highest BCUT2D eigenvalue weighted by Crippen LogP contribution is 2.50. The normalized spacial score (nSPS) is 15.7. The molecule has 0 heterocycles. The highest BCUT2D eigenvalue weighted by atomic mass is 16.5. The van der Waals surface area contributed by atoms with Crippen LogP contribution < -0.4 is 14.2 Å². The lowest BCUT2D eigenvalue weighted by atomic mass is 9.62. The summed E-state index contributed by atoms with van der Waals surface area (Å²) in [5, 5.41) is 9.12. The smallest absolute Gasteiger partial charge is 0.328 e. The van der Waals surface area contributed by atoms with E-state index in [1.807, 2.05) is 42.5 Å². The quantitative estimate of drug-likeness (QED) is 0.327. The lowest BCUT2D eigenvalue weighted by Gasteiger charge is -2.42. The summed E-state index contributed by atoms with van der Waals surface area (Å²) in [5.41, 5.74) is 6.26. The minimum Gasteiger partial charge on any atom is -0.497 e. The van der Waals surface area contributed by atoms with Crippen LogP contribution in [0.15, 0.2) is 60.7 Å². The van der Waals surface area contributed by atoms with Gasteiger partial charge in [0, 0.05) is 17.2 Å². The van der Waals surface area contributed by atoms with E-state index in [4.69, 9.17) is 19.3 Å². The van der Waals surface area contributed by atoms with Gasteiger partial charge < -0.3 is 19.3 Å². The van der Waals surface area contributed by atoms with Gasteiger partial charge >= 0.3 is 5.97 Å². The molecule has 0 amide bonds. The third-order valence-electron chi connectivity index (χ3n) is 7.44. The molecule has 0 atom stereocenters. The van der Waals surface area contributed by atoms with Gasteiger partial charge in [-0.05, 0) is 88.4 Å². The maximum Gasteiger partial charge on any atom is 0.328 e. The summed E-state index contributed by atoms with van der Waals surface area (Å²) >= 11 is 0. The summed E-state index contributed by atoms with van der Waals surface area (Å²) in [6.07, 6.45) is 4.93. The molecule has 1 aliphatic carbocycles. The number of ether oxygens (including phenoxy) is 3. The lowest BCUT2D eigenvalue weighted by Crippen LogP contribution is -2.33. The molecule has 0 unspecified atom stereocenters. The van der Waals surface area contributed by atoms with Crippen LogP contribution in [0.3, 0.4) is 0 Å². The Labute approximate surface area is 219 Å². The molecule has 0 bridgehead atoms. The number of fused-ring (bicyclic) bond motifs is 1. The van der Waals surface area contributed by atoms with Gasteiger partial charge in [0.15, 0.2) is 0 Å². The van der Waals surface area contributed by atoms with E-state index < -0.39 is 5.97 Å². The van der Waals surface area contributed by atoms with Crippen molar-refractivity contribution in [1.29, 1.82) is 0 Å². The Kier molecular flexibility index (Phi) is 7.35. The maximum atomic E-state index is 11.1. The van der Waals surface area contributed by atoms with Crippen molar-refractivity contribution in [2.24, 2.45) is 0 Å². The summed E-state index contributed by atoms with van der Waals surface area (Å²) in [7, 11) is 3.30. The van der Waals surface area contributed by atoms with E-state index in [-0.39, 0.29) is 10.8 Å². The Morgan fingerprint density at radius 2 is 1.46 bits per heavy atom. The zero-order valence-corrected chi connectivity index (χ0v) is 22.6. The first-order valence-corrected chi connectivity index (χ1v) is 12.6. The predicted molar refractivity (Wildman–Crippen MR) is 148 cm³/mol. The number of benzene rings is 3. The predicted octanol–water partition coefficient (Wildman–Crippen LogP) is 7.40. The van der Waals surface area contributed by atoms with Crippen LogP contribution in [0.25, 0.3) is 17.2 Å². The van der Waals surface area contributed by atoms with E-state index in [2.05, 4.69) is 39.8 Å². The van der Waals surface area contributed by atoms with E-state index in [0.29, 0.717) is 12.4 Å². The van der Waals surface area contributed by atoms with Gasteiger partial charge in [0.2, 0.25) is 0 Å². The zero-order valence-electron chi connectivity index (χ0n) is 22.6. The average Bonchev–Trinajstić information content (AvgIpc) is 2.88. The molecular weight excluding hydrogens is 464 g/mol. The molecule has 3 aromatic rings. The fourth-order valence-electron chi connectivity index (χ4n) is 5.01. The number of carboxylic acid groups (broad SMARTS) is 1. The van der Waals surface area contributed by atoms with Crippen molar-refractivity contribution in [3.63, 3.8) is 0 Å². The zero-order chi connectivity index (χ0) is 26.8. The molecule has 3 aromatic carbocycles. The van der Waals surface area contributed by atoms with Crippen LogP contribution in [0.2, 0.25) is 0 Å². The van der Waals surface area contributed by atoms with Gasteiger partial charge in [-0.25, -0.2) is 4.79 Å². The number of carboxylic acids is 1. The first-order chi connectivity index (χ1) is 17.5. The first kappa shape index (κ1) is 26.3. The van der Waals surface area contributed by atoms with Crippen LogP contribution in [0.5, 0.6) is 17.2 Å². The molecule has 0 spiro atoms. The molecular formula is C32H36O5. The summed E-state index contributed by atoms with van der Waals surface area (Å²) in [5.74, 6) is 1.30. The topological polar surface area (TPSA) is 65.0 Å². The second-order valence-electron chi connectivity index (χ2n) is 10.9. The van der Waals surface area contributed by atoms with Crippen molar-refractivity contribution < 1.29 is 24.1 Å². The van der Waals surface area contributed by atoms with E-state index in [9.17, 15) is 4.79 Å². The first-order valence-electron chi connectivity index (χ1n) is 12.6. The van der Waals surface area contributed by atoms with Crippen molar-refractivity contribution in [1.82, 2.24) is 0 Å². The Hall–Kier alpha value is -3.73. The van der Waals surface area contributed by atoms with Gasteiger partial charge in [-0.2, -0.15) is 0 Å². The Morgan fingerprint density at radius 1 is 0.838 bits per heavy atom. The highest BCUT2D eigenvalue weighted by molar-refractivity contribution is 5.86. The van der Waals surface area contributed by atoms with Gasteiger partial charge in [-0.3, -0.25) is 0 Å². The summed E-state index contributed by atoms with van der Waals surface area (Å²) in [6, 6.07) is 18.0. The molecule has 37 heavy (non-hydrogen) atoms.